The van der Waals surface area contributed by atoms with Gasteiger partial charge < -0.3 is 45.1 Å². The molecule has 2 fully saturated rings. The number of methoxy groups -OCH3 is 1. The third-order valence-corrected chi connectivity index (χ3v) is 4.46. The molecule has 0 spiro atoms. The van der Waals surface area contributed by atoms with Crippen LogP contribution in [0.25, 0.3) is 0 Å². The van der Waals surface area contributed by atoms with Crippen LogP contribution in [0.4, 0.5) is 0 Å². The van der Waals surface area contributed by atoms with E-state index in [0.29, 0.717) is 0 Å². The molecule has 9 atom stereocenters. The molecule has 136 valence electrons. The number of aliphatic hydroxyl groups is 4. The van der Waals surface area contributed by atoms with Gasteiger partial charge in [0.2, 0.25) is 0 Å². The monoisotopic (exact) mass is 337 g/mol. The Kier molecular flexibility index (Phi) is 5.99. The number of nitrogens with two attached hydrogens (primary N) is 1. The third kappa shape index (κ3) is 3.84. The second-order valence-corrected chi connectivity index (χ2v) is 6.47. The van der Waals surface area contributed by atoms with E-state index >= 15 is 0 Å². The Bertz CT molecular complexity index is 393. The van der Waals surface area contributed by atoms with E-state index in [-0.39, 0.29) is 6.42 Å². The standard InChI is InChI=1S/C14H27NO8/c1-6-12(19)14(2,15)4-8(21-6)23-11-10(18)9(17)7(5-16)22-13(11)20-3/h6-13,16-19H,4-5,15H2,1-3H3. The summed E-state index contributed by atoms with van der Waals surface area (Å²) < 4.78 is 21.8. The fourth-order valence-electron chi connectivity index (χ4n) is 3.02. The van der Waals surface area contributed by atoms with E-state index < -0.39 is 61.3 Å². The average molecular weight is 337 g/mol. The Morgan fingerprint density at radius 2 is 1.87 bits per heavy atom. The van der Waals surface area contributed by atoms with Crippen LogP contribution in [0.3, 0.4) is 0 Å². The Morgan fingerprint density at radius 1 is 1.22 bits per heavy atom. The first-order valence-corrected chi connectivity index (χ1v) is 7.64. The summed E-state index contributed by atoms with van der Waals surface area (Å²) in [6, 6.07) is 0. The molecular weight excluding hydrogens is 310 g/mol. The van der Waals surface area contributed by atoms with Gasteiger partial charge in [-0.1, -0.05) is 0 Å². The van der Waals surface area contributed by atoms with Crippen LogP contribution in [0.5, 0.6) is 0 Å². The molecule has 0 bridgehead atoms. The van der Waals surface area contributed by atoms with E-state index in [1.54, 1.807) is 13.8 Å². The first-order chi connectivity index (χ1) is 10.7. The molecule has 9 heteroatoms. The van der Waals surface area contributed by atoms with Crippen LogP contribution in [-0.2, 0) is 18.9 Å². The van der Waals surface area contributed by atoms with Gasteiger partial charge in [-0.3, -0.25) is 0 Å². The van der Waals surface area contributed by atoms with E-state index in [9.17, 15) is 20.4 Å². The summed E-state index contributed by atoms with van der Waals surface area (Å²) in [7, 11) is 1.36. The molecule has 2 heterocycles. The molecule has 9 nitrogen and oxygen atoms in total. The van der Waals surface area contributed by atoms with Crippen molar-refractivity contribution in [2.24, 2.45) is 5.73 Å². The molecule has 0 aliphatic carbocycles. The molecule has 0 saturated carbocycles. The molecule has 0 aromatic rings. The van der Waals surface area contributed by atoms with Crippen molar-refractivity contribution < 1.29 is 39.4 Å². The summed E-state index contributed by atoms with van der Waals surface area (Å²) in [5.74, 6) is 0. The highest BCUT2D eigenvalue weighted by atomic mass is 16.7. The molecule has 2 rings (SSSR count). The lowest BCUT2D eigenvalue weighted by atomic mass is 9.86. The summed E-state index contributed by atoms with van der Waals surface area (Å²) in [5, 5.41) is 39.4. The van der Waals surface area contributed by atoms with Crippen molar-refractivity contribution in [1.29, 1.82) is 0 Å². The molecule has 0 radical (unpaired) electrons. The summed E-state index contributed by atoms with van der Waals surface area (Å²) in [4.78, 5) is 0. The minimum Gasteiger partial charge on any atom is -0.394 e. The van der Waals surface area contributed by atoms with Crippen LogP contribution in [-0.4, -0.2) is 88.9 Å². The SMILES string of the molecule is COC1OC(CO)C(O)C(O)C1OC1CC(C)(N)C(O)C(C)O1. The quantitative estimate of drug-likeness (QED) is 0.381. The minimum atomic E-state index is -1.33. The summed E-state index contributed by atoms with van der Waals surface area (Å²) in [5.41, 5.74) is 5.14. The molecule has 23 heavy (non-hydrogen) atoms. The van der Waals surface area contributed by atoms with Gasteiger partial charge in [-0.25, -0.2) is 0 Å². The molecule has 0 aromatic carbocycles. The van der Waals surface area contributed by atoms with Crippen LogP contribution in [0.2, 0.25) is 0 Å². The number of aliphatic hydroxyl groups excluding tert-OH is 4. The minimum absolute atomic E-state index is 0.192. The van der Waals surface area contributed by atoms with Crippen molar-refractivity contribution in [3.63, 3.8) is 0 Å². The van der Waals surface area contributed by atoms with Crippen molar-refractivity contribution in [3.8, 4) is 0 Å². The van der Waals surface area contributed by atoms with Crippen molar-refractivity contribution in [1.82, 2.24) is 0 Å². The van der Waals surface area contributed by atoms with Gasteiger partial charge in [0.15, 0.2) is 12.6 Å². The Hall–Kier alpha value is -0.360. The van der Waals surface area contributed by atoms with Crippen molar-refractivity contribution in [2.45, 2.75) is 75.0 Å². The van der Waals surface area contributed by atoms with Crippen LogP contribution >= 0.6 is 0 Å². The largest absolute Gasteiger partial charge is 0.394 e. The lowest BCUT2D eigenvalue weighted by molar-refractivity contribution is -0.343. The summed E-state index contributed by atoms with van der Waals surface area (Å²) in [6.07, 6.45) is -7.66. The zero-order valence-corrected chi connectivity index (χ0v) is 13.5. The second kappa shape index (κ2) is 7.26. The first-order valence-electron chi connectivity index (χ1n) is 7.64. The lowest BCUT2D eigenvalue weighted by Crippen LogP contribution is -2.64. The van der Waals surface area contributed by atoms with Gasteiger partial charge in [0.1, 0.15) is 24.4 Å². The topological polar surface area (TPSA) is 144 Å². The summed E-state index contributed by atoms with van der Waals surface area (Å²) >= 11 is 0. The smallest absolute Gasteiger partial charge is 0.186 e. The van der Waals surface area contributed by atoms with Gasteiger partial charge in [-0.05, 0) is 13.8 Å². The van der Waals surface area contributed by atoms with E-state index in [0.717, 1.165) is 0 Å². The van der Waals surface area contributed by atoms with Crippen molar-refractivity contribution in [3.05, 3.63) is 0 Å². The highest BCUT2D eigenvalue weighted by Crippen LogP contribution is 2.31. The van der Waals surface area contributed by atoms with Gasteiger partial charge in [0, 0.05) is 19.1 Å². The van der Waals surface area contributed by atoms with E-state index in [1.165, 1.54) is 7.11 Å². The fraction of sp³-hybridized carbons (Fsp3) is 1.00. The molecule has 0 aromatic heterocycles. The molecule has 0 amide bonds. The molecular formula is C14H27NO8. The highest BCUT2D eigenvalue weighted by molar-refractivity contribution is 4.96. The predicted molar refractivity (Wildman–Crippen MR) is 77.2 cm³/mol. The molecule has 2 aliphatic rings. The Labute approximate surface area is 134 Å². The maximum absolute atomic E-state index is 10.2. The number of hydrogen-bond acceptors (Lipinski definition) is 9. The van der Waals surface area contributed by atoms with Crippen LogP contribution in [0.1, 0.15) is 20.3 Å². The van der Waals surface area contributed by atoms with Crippen molar-refractivity contribution >= 4 is 0 Å². The third-order valence-electron chi connectivity index (χ3n) is 4.46. The fourth-order valence-corrected chi connectivity index (χ4v) is 3.02. The molecule has 2 saturated heterocycles. The molecule has 2 aliphatic heterocycles. The zero-order chi connectivity index (χ0) is 17.4. The van der Waals surface area contributed by atoms with Crippen molar-refractivity contribution in [2.75, 3.05) is 13.7 Å². The molecule has 9 unspecified atom stereocenters. The van der Waals surface area contributed by atoms with E-state index in [4.69, 9.17) is 24.7 Å². The summed E-state index contributed by atoms with van der Waals surface area (Å²) in [6.45, 7) is 2.89. The van der Waals surface area contributed by atoms with Gasteiger partial charge in [0.05, 0.1) is 18.8 Å². The predicted octanol–water partition coefficient (Wildman–Crippen LogP) is -2.33. The number of rotatable bonds is 4. The molecule has 6 N–H and O–H groups in total. The normalized spacial score (nSPS) is 51.7. The van der Waals surface area contributed by atoms with Gasteiger partial charge in [-0.15, -0.1) is 0 Å². The van der Waals surface area contributed by atoms with Crippen LogP contribution < -0.4 is 5.73 Å². The number of ether oxygens (including phenoxy) is 4. The van der Waals surface area contributed by atoms with Gasteiger partial charge in [0.25, 0.3) is 0 Å². The van der Waals surface area contributed by atoms with Crippen LogP contribution in [0.15, 0.2) is 0 Å². The Morgan fingerprint density at radius 3 is 2.39 bits per heavy atom. The first kappa shape index (κ1) is 19.0. The van der Waals surface area contributed by atoms with Gasteiger partial charge >= 0.3 is 0 Å². The van der Waals surface area contributed by atoms with E-state index in [1.807, 2.05) is 0 Å². The van der Waals surface area contributed by atoms with Gasteiger partial charge in [-0.2, -0.15) is 0 Å². The zero-order valence-electron chi connectivity index (χ0n) is 13.5. The van der Waals surface area contributed by atoms with E-state index in [2.05, 4.69) is 0 Å². The second-order valence-electron chi connectivity index (χ2n) is 6.47. The highest BCUT2D eigenvalue weighted by Gasteiger charge is 2.49. The number of hydrogen-bond donors (Lipinski definition) is 5. The maximum Gasteiger partial charge on any atom is 0.186 e. The lowest BCUT2D eigenvalue weighted by Gasteiger charge is -2.46. The van der Waals surface area contributed by atoms with Crippen LogP contribution in [0, 0.1) is 0 Å². The Balaban J connectivity index is 2.08. The maximum atomic E-state index is 10.2. The average Bonchev–Trinajstić information content (AvgIpc) is 2.49.